The van der Waals surface area contributed by atoms with E-state index in [-0.39, 0.29) is 26.5 Å². The van der Waals surface area contributed by atoms with Gasteiger partial charge < -0.3 is 14.4 Å². The summed E-state index contributed by atoms with van der Waals surface area (Å²) in [4.78, 5) is 6.56. The van der Waals surface area contributed by atoms with Crippen molar-refractivity contribution in [3.8, 4) is 5.69 Å². The first-order chi connectivity index (χ1) is 19.4. The van der Waals surface area contributed by atoms with Crippen LogP contribution in [0.3, 0.4) is 0 Å². The number of benzene rings is 5. The number of rotatable bonds is 4. The fourth-order valence-electron chi connectivity index (χ4n) is 5.45. The summed E-state index contributed by atoms with van der Waals surface area (Å²) >= 11 is 1.72. The van der Waals surface area contributed by atoms with Crippen molar-refractivity contribution < 1.29 is 21.1 Å². The monoisotopic (exact) mass is 730 g/mol. The van der Waals surface area contributed by atoms with Gasteiger partial charge in [-0.1, -0.05) is 62.3 Å². The van der Waals surface area contributed by atoms with E-state index in [1.54, 1.807) is 11.8 Å². The second-order valence-corrected chi connectivity index (χ2v) is 12.3. The summed E-state index contributed by atoms with van der Waals surface area (Å²) in [6.45, 7) is 8.94. The molecule has 204 valence electrons. The summed E-state index contributed by atoms with van der Waals surface area (Å²) in [5.74, 6) is 0. The number of fused-ring (bicyclic) bond motifs is 4. The second kappa shape index (κ2) is 10.7. The van der Waals surface area contributed by atoms with Crippen molar-refractivity contribution in [2.24, 2.45) is 0 Å². The topological polar surface area (TPSA) is 11.4 Å². The molecule has 41 heavy (non-hydrogen) atoms. The SMILES string of the molecule is CN1[CH-]N(c2[c-]c(Sc3[c-]cc4c(c3)c3ccccc3n4-c3[c-]cccc3)cc(C(C)(C)C)c2)c2ccccc21.[Pt+4]. The first-order valence-electron chi connectivity index (χ1n) is 13.5. The number of para-hydroxylation sites is 4. The van der Waals surface area contributed by atoms with Crippen molar-refractivity contribution in [3.63, 3.8) is 0 Å². The van der Waals surface area contributed by atoms with E-state index in [1.807, 2.05) is 12.1 Å². The molecule has 0 radical (unpaired) electrons. The van der Waals surface area contributed by atoms with Crippen LogP contribution < -0.4 is 9.80 Å². The van der Waals surface area contributed by atoms with Crippen LogP contribution in [0.1, 0.15) is 26.3 Å². The zero-order valence-corrected chi connectivity index (χ0v) is 26.5. The molecule has 0 N–H and O–H groups in total. The van der Waals surface area contributed by atoms with Gasteiger partial charge in [0, 0.05) is 16.9 Å². The molecule has 6 aromatic rings. The van der Waals surface area contributed by atoms with Gasteiger partial charge in [0.05, 0.1) is 0 Å². The molecule has 0 unspecified atom stereocenters. The van der Waals surface area contributed by atoms with Gasteiger partial charge in [-0.25, -0.2) is 0 Å². The van der Waals surface area contributed by atoms with Crippen molar-refractivity contribution in [2.75, 3.05) is 16.8 Å². The molecule has 0 amide bonds. The fourth-order valence-corrected chi connectivity index (χ4v) is 6.33. The Bertz CT molecular complexity index is 1870. The van der Waals surface area contributed by atoms with E-state index in [0.29, 0.717) is 0 Å². The van der Waals surface area contributed by atoms with Gasteiger partial charge in [0.2, 0.25) is 0 Å². The number of aromatic nitrogens is 1. The molecule has 2 heterocycles. The molecule has 0 saturated heterocycles. The van der Waals surface area contributed by atoms with E-state index < -0.39 is 0 Å². The van der Waals surface area contributed by atoms with Gasteiger partial charge in [-0.2, -0.15) is 49.1 Å². The molecule has 0 fully saturated rings. The average Bonchev–Trinajstić information content (AvgIpc) is 3.48. The maximum absolute atomic E-state index is 3.73. The predicted octanol–water partition coefficient (Wildman–Crippen LogP) is 9.34. The van der Waals surface area contributed by atoms with E-state index in [2.05, 4.69) is 152 Å². The van der Waals surface area contributed by atoms with Crippen LogP contribution in [-0.4, -0.2) is 11.6 Å². The molecule has 1 aromatic heterocycles. The van der Waals surface area contributed by atoms with E-state index in [0.717, 1.165) is 26.7 Å². The summed E-state index contributed by atoms with van der Waals surface area (Å²) in [6.07, 6.45) is 0. The van der Waals surface area contributed by atoms with Crippen LogP contribution in [0, 0.1) is 24.9 Å². The fraction of sp³-hybridized carbons (Fsp3) is 0.139. The van der Waals surface area contributed by atoms with Crippen LogP contribution >= 0.6 is 11.8 Å². The Morgan fingerprint density at radius 3 is 2.27 bits per heavy atom. The molecule has 3 nitrogen and oxygen atoms in total. The molecule has 0 bridgehead atoms. The van der Waals surface area contributed by atoms with Crippen LogP contribution in [0.15, 0.2) is 107 Å². The zero-order chi connectivity index (χ0) is 27.4. The number of anilines is 3. The van der Waals surface area contributed by atoms with E-state index in [9.17, 15) is 0 Å². The molecule has 0 spiro atoms. The minimum absolute atomic E-state index is 0. The minimum Gasteiger partial charge on any atom is -0.504 e. The van der Waals surface area contributed by atoms with Crippen molar-refractivity contribution >= 4 is 50.6 Å². The summed E-state index contributed by atoms with van der Waals surface area (Å²) < 4.78 is 2.28. The van der Waals surface area contributed by atoms with Crippen LogP contribution in [0.4, 0.5) is 17.1 Å². The molecule has 0 aliphatic carbocycles. The van der Waals surface area contributed by atoms with Gasteiger partial charge >= 0.3 is 21.1 Å². The molecular formula is C36H29N3PtS. The number of nitrogens with zero attached hydrogens (tertiary/aromatic N) is 3. The maximum atomic E-state index is 3.73. The Hall–Kier alpha value is -3.46. The summed E-state index contributed by atoms with van der Waals surface area (Å²) in [7, 11) is 2.09. The third-order valence-electron chi connectivity index (χ3n) is 7.50. The molecule has 7 rings (SSSR count). The third-order valence-corrected chi connectivity index (χ3v) is 8.39. The number of hydrogen-bond acceptors (Lipinski definition) is 3. The van der Waals surface area contributed by atoms with E-state index in [4.69, 9.17) is 0 Å². The Morgan fingerprint density at radius 2 is 1.49 bits per heavy atom. The molecular weight excluding hydrogens is 702 g/mol. The molecule has 1 aliphatic rings. The van der Waals surface area contributed by atoms with Gasteiger partial charge in [-0.05, 0) is 36.0 Å². The second-order valence-electron chi connectivity index (χ2n) is 11.3. The van der Waals surface area contributed by atoms with Crippen molar-refractivity contribution in [1.29, 1.82) is 0 Å². The maximum Gasteiger partial charge on any atom is 4.00 e. The van der Waals surface area contributed by atoms with Gasteiger partial charge in [-0.15, -0.1) is 62.5 Å². The molecule has 0 saturated carbocycles. The van der Waals surface area contributed by atoms with Crippen LogP contribution in [-0.2, 0) is 26.5 Å². The standard InChI is InChI=1S/C36H29N3S.Pt/c1-36(2,3)25-20-27(38-24-37(4)34-16-10-11-17-35(34)38)22-29(21-25)40-28-18-19-33-31(23-28)30-14-8-9-15-32(30)39(33)26-12-6-5-7-13-26;/h5-12,14-17,19-21,23-24H,1-4H3;/q-4;+4. The van der Waals surface area contributed by atoms with Crippen molar-refractivity contribution in [1.82, 2.24) is 4.57 Å². The van der Waals surface area contributed by atoms with Crippen LogP contribution in [0.5, 0.6) is 0 Å². The number of hydrogen-bond donors (Lipinski definition) is 0. The minimum atomic E-state index is -0.00240. The predicted molar refractivity (Wildman–Crippen MR) is 168 cm³/mol. The molecule has 5 heteroatoms. The van der Waals surface area contributed by atoms with Gasteiger partial charge in [0.1, 0.15) is 0 Å². The Labute approximate surface area is 261 Å². The normalized spacial score (nSPS) is 13.1. The summed E-state index contributed by atoms with van der Waals surface area (Å²) in [5, 5.41) is 2.44. The Morgan fingerprint density at radius 1 is 0.732 bits per heavy atom. The van der Waals surface area contributed by atoms with E-state index in [1.165, 1.54) is 33.2 Å². The first-order valence-corrected chi connectivity index (χ1v) is 14.3. The average molecular weight is 731 g/mol. The van der Waals surface area contributed by atoms with Gasteiger partial charge in [0.25, 0.3) is 0 Å². The Balaban J connectivity index is 0.00000302. The zero-order valence-electron chi connectivity index (χ0n) is 23.4. The molecule has 1 aliphatic heterocycles. The quantitative estimate of drug-likeness (QED) is 0.168. The summed E-state index contributed by atoms with van der Waals surface area (Å²) in [5.41, 5.74) is 8.02. The van der Waals surface area contributed by atoms with E-state index >= 15 is 0 Å². The van der Waals surface area contributed by atoms with Crippen molar-refractivity contribution in [3.05, 3.63) is 127 Å². The third kappa shape index (κ3) is 4.98. The summed E-state index contributed by atoms with van der Waals surface area (Å²) in [6, 6.07) is 44.9. The Kier molecular flexibility index (Phi) is 7.26. The largest absolute Gasteiger partial charge is 4.00 e. The van der Waals surface area contributed by atoms with Crippen LogP contribution in [0.25, 0.3) is 27.5 Å². The smallest absolute Gasteiger partial charge is 0.504 e. The first kappa shape index (κ1) is 27.7. The van der Waals surface area contributed by atoms with Gasteiger partial charge in [-0.3, -0.25) is 0 Å². The van der Waals surface area contributed by atoms with Gasteiger partial charge in [0.15, 0.2) is 0 Å². The van der Waals surface area contributed by atoms with Crippen molar-refractivity contribution in [2.45, 2.75) is 36.0 Å². The molecule has 5 aromatic carbocycles. The molecule has 0 atom stereocenters. The van der Waals surface area contributed by atoms with Crippen LogP contribution in [0.2, 0.25) is 0 Å².